The zero-order valence-corrected chi connectivity index (χ0v) is 13.2. The smallest absolute Gasteiger partial charge is 0.0624 e. The first kappa shape index (κ1) is 16.8. The fourth-order valence-electron chi connectivity index (χ4n) is 2.18. The van der Waals surface area contributed by atoms with Crippen LogP contribution in [-0.4, -0.2) is 26.8 Å². The molecule has 0 aliphatic heterocycles. The molecule has 1 rings (SSSR count). The molecule has 0 saturated heterocycles. The first-order chi connectivity index (χ1) is 9.19. The van der Waals surface area contributed by atoms with E-state index in [1.807, 2.05) is 12.1 Å². The van der Waals surface area contributed by atoms with E-state index in [1.165, 1.54) is 12.8 Å². The normalized spacial score (nSPS) is 12.6. The van der Waals surface area contributed by atoms with Crippen LogP contribution >= 0.6 is 23.2 Å². The summed E-state index contributed by atoms with van der Waals surface area (Å²) in [5.74, 6) is 0.581. The Labute approximate surface area is 126 Å². The minimum atomic E-state index is 0.581. The number of methoxy groups -OCH3 is 1. The molecule has 0 bridgehead atoms. The van der Waals surface area contributed by atoms with Gasteiger partial charge in [-0.05, 0) is 36.9 Å². The lowest BCUT2D eigenvalue weighted by Gasteiger charge is -2.18. The van der Waals surface area contributed by atoms with Gasteiger partial charge in [-0.2, -0.15) is 0 Å². The van der Waals surface area contributed by atoms with Gasteiger partial charge in [0.2, 0.25) is 0 Å². The Hall–Kier alpha value is -0.280. The van der Waals surface area contributed by atoms with E-state index in [-0.39, 0.29) is 0 Å². The molecule has 1 aromatic carbocycles. The monoisotopic (exact) mass is 303 g/mol. The van der Waals surface area contributed by atoms with E-state index in [0.29, 0.717) is 16.0 Å². The summed E-state index contributed by atoms with van der Waals surface area (Å²) in [7, 11) is 1.72. The predicted molar refractivity (Wildman–Crippen MR) is 83.3 cm³/mol. The van der Waals surface area contributed by atoms with E-state index >= 15 is 0 Å². The maximum Gasteiger partial charge on any atom is 0.0624 e. The van der Waals surface area contributed by atoms with Gasteiger partial charge in [-0.15, -0.1) is 0 Å². The van der Waals surface area contributed by atoms with Crippen molar-refractivity contribution in [3.05, 3.63) is 33.8 Å². The highest BCUT2D eigenvalue weighted by Gasteiger charge is 2.12. The van der Waals surface area contributed by atoms with E-state index in [4.69, 9.17) is 27.9 Å². The topological polar surface area (TPSA) is 21.3 Å². The molecule has 1 aromatic rings. The Bertz CT molecular complexity index is 371. The Kier molecular flexibility index (Phi) is 8.47. The van der Waals surface area contributed by atoms with E-state index in [1.54, 1.807) is 7.11 Å². The van der Waals surface area contributed by atoms with Gasteiger partial charge in [-0.1, -0.05) is 48.7 Å². The van der Waals surface area contributed by atoms with Crippen molar-refractivity contribution in [2.75, 3.05) is 26.8 Å². The van der Waals surface area contributed by atoms with Gasteiger partial charge in [-0.3, -0.25) is 0 Å². The molecule has 0 heterocycles. The van der Waals surface area contributed by atoms with Gasteiger partial charge in [0, 0.05) is 13.7 Å². The Morgan fingerprint density at radius 3 is 2.79 bits per heavy atom. The van der Waals surface area contributed by atoms with Crippen LogP contribution in [0.1, 0.15) is 25.3 Å². The number of nitrogens with one attached hydrogen (secondary N) is 1. The molecule has 0 spiro atoms. The van der Waals surface area contributed by atoms with Crippen LogP contribution in [0.5, 0.6) is 0 Å². The van der Waals surface area contributed by atoms with Crippen LogP contribution in [0.4, 0.5) is 0 Å². The average Bonchev–Trinajstić information content (AvgIpc) is 2.40. The molecule has 0 aliphatic rings. The fraction of sp³-hybridized carbons (Fsp3) is 0.600. The van der Waals surface area contributed by atoms with Crippen LogP contribution in [0.15, 0.2) is 18.2 Å². The van der Waals surface area contributed by atoms with E-state index in [0.717, 1.165) is 31.7 Å². The van der Waals surface area contributed by atoms with Gasteiger partial charge in [0.05, 0.1) is 16.7 Å². The van der Waals surface area contributed by atoms with Crippen molar-refractivity contribution in [2.24, 2.45) is 5.92 Å². The SMILES string of the molecule is CCCC(CNCCOC)Cc1cccc(Cl)c1Cl. The predicted octanol–water partition coefficient (Wildman–Crippen LogP) is 4.19. The second-order valence-electron chi connectivity index (χ2n) is 4.77. The van der Waals surface area contributed by atoms with Crippen molar-refractivity contribution in [2.45, 2.75) is 26.2 Å². The number of rotatable bonds is 9. The molecule has 0 aliphatic carbocycles. The van der Waals surface area contributed by atoms with Crippen LogP contribution in [0.2, 0.25) is 10.0 Å². The summed E-state index contributed by atoms with van der Waals surface area (Å²) in [5.41, 5.74) is 1.14. The summed E-state index contributed by atoms with van der Waals surface area (Å²) in [4.78, 5) is 0. The first-order valence-electron chi connectivity index (χ1n) is 6.81. The lowest BCUT2D eigenvalue weighted by molar-refractivity contribution is 0.197. The largest absolute Gasteiger partial charge is 0.383 e. The first-order valence-corrected chi connectivity index (χ1v) is 7.57. The molecule has 1 unspecified atom stereocenters. The zero-order valence-electron chi connectivity index (χ0n) is 11.7. The lowest BCUT2D eigenvalue weighted by atomic mass is 9.95. The lowest BCUT2D eigenvalue weighted by Crippen LogP contribution is -2.27. The third kappa shape index (κ3) is 6.13. The highest BCUT2D eigenvalue weighted by atomic mass is 35.5. The average molecular weight is 304 g/mol. The maximum absolute atomic E-state index is 6.25. The van der Waals surface area contributed by atoms with E-state index < -0.39 is 0 Å². The van der Waals surface area contributed by atoms with Crippen LogP contribution in [0.3, 0.4) is 0 Å². The molecule has 19 heavy (non-hydrogen) atoms. The number of halogens is 2. The van der Waals surface area contributed by atoms with Crippen LogP contribution < -0.4 is 5.32 Å². The molecule has 1 atom stereocenters. The second-order valence-corrected chi connectivity index (χ2v) is 5.55. The molecule has 0 saturated carbocycles. The summed E-state index contributed by atoms with van der Waals surface area (Å²) < 4.78 is 5.04. The number of hydrogen-bond donors (Lipinski definition) is 1. The number of benzene rings is 1. The minimum absolute atomic E-state index is 0.581. The summed E-state index contributed by atoms with van der Waals surface area (Å²) in [6, 6.07) is 5.86. The second kappa shape index (κ2) is 9.60. The standard InChI is InChI=1S/C15H23Cl2NO/c1-3-5-12(11-18-8-9-19-2)10-13-6-4-7-14(16)15(13)17/h4,6-7,12,18H,3,5,8-11H2,1-2H3. The van der Waals surface area contributed by atoms with Gasteiger partial charge in [0.1, 0.15) is 0 Å². The van der Waals surface area contributed by atoms with Crippen molar-refractivity contribution in [1.82, 2.24) is 5.32 Å². The van der Waals surface area contributed by atoms with Crippen LogP contribution in [-0.2, 0) is 11.2 Å². The molecule has 2 nitrogen and oxygen atoms in total. The third-order valence-electron chi connectivity index (χ3n) is 3.15. The number of ether oxygens (including phenoxy) is 1. The highest BCUT2D eigenvalue weighted by molar-refractivity contribution is 6.42. The zero-order chi connectivity index (χ0) is 14.1. The van der Waals surface area contributed by atoms with Crippen molar-refractivity contribution in [1.29, 1.82) is 0 Å². The Morgan fingerprint density at radius 2 is 2.11 bits per heavy atom. The van der Waals surface area contributed by atoms with E-state index in [9.17, 15) is 0 Å². The quantitative estimate of drug-likeness (QED) is 0.691. The van der Waals surface area contributed by atoms with Crippen LogP contribution in [0, 0.1) is 5.92 Å². The number of hydrogen-bond acceptors (Lipinski definition) is 2. The fourth-order valence-corrected chi connectivity index (χ4v) is 2.58. The summed E-state index contributed by atoms with van der Waals surface area (Å²) in [5, 5.41) is 4.76. The summed E-state index contributed by atoms with van der Waals surface area (Å²) in [6.07, 6.45) is 3.32. The van der Waals surface area contributed by atoms with Gasteiger partial charge < -0.3 is 10.1 Å². The molecule has 0 aromatic heterocycles. The van der Waals surface area contributed by atoms with Gasteiger partial charge in [0.25, 0.3) is 0 Å². The molecule has 0 radical (unpaired) electrons. The molecular formula is C15H23Cl2NO. The van der Waals surface area contributed by atoms with Crippen molar-refractivity contribution >= 4 is 23.2 Å². The van der Waals surface area contributed by atoms with Gasteiger partial charge in [0.15, 0.2) is 0 Å². The van der Waals surface area contributed by atoms with Crippen LogP contribution in [0.25, 0.3) is 0 Å². The summed E-state index contributed by atoms with van der Waals surface area (Å²) in [6.45, 7) is 4.83. The molecule has 108 valence electrons. The Morgan fingerprint density at radius 1 is 1.32 bits per heavy atom. The van der Waals surface area contributed by atoms with Crippen molar-refractivity contribution in [3.8, 4) is 0 Å². The molecule has 0 fully saturated rings. The third-order valence-corrected chi connectivity index (χ3v) is 4.01. The van der Waals surface area contributed by atoms with Gasteiger partial charge >= 0.3 is 0 Å². The van der Waals surface area contributed by atoms with Crippen molar-refractivity contribution in [3.63, 3.8) is 0 Å². The molecule has 1 N–H and O–H groups in total. The van der Waals surface area contributed by atoms with E-state index in [2.05, 4.69) is 18.3 Å². The molecule has 0 amide bonds. The van der Waals surface area contributed by atoms with Crippen molar-refractivity contribution < 1.29 is 4.74 Å². The Balaban J connectivity index is 2.54. The highest BCUT2D eigenvalue weighted by Crippen LogP contribution is 2.28. The summed E-state index contributed by atoms with van der Waals surface area (Å²) >= 11 is 12.3. The van der Waals surface area contributed by atoms with Gasteiger partial charge in [-0.25, -0.2) is 0 Å². The molecule has 4 heteroatoms. The minimum Gasteiger partial charge on any atom is -0.383 e. The maximum atomic E-state index is 6.25. The molecular weight excluding hydrogens is 281 g/mol.